The minimum Gasteiger partial charge on any atom is -0.326 e. The molecule has 0 atom stereocenters. The van der Waals surface area contributed by atoms with Crippen molar-refractivity contribution < 1.29 is 4.79 Å². The van der Waals surface area contributed by atoms with E-state index in [4.69, 9.17) is 0 Å². The second-order valence-electron chi connectivity index (χ2n) is 4.78. The number of amides is 1. The minimum absolute atomic E-state index is 0.149. The van der Waals surface area contributed by atoms with E-state index >= 15 is 0 Å². The van der Waals surface area contributed by atoms with E-state index in [0.717, 1.165) is 12.2 Å². The number of carbonyl (C=O) groups excluding carboxylic acids is 1. The molecular formula is C14H20N2O. The molecule has 0 heterocycles. The molecule has 0 bridgehead atoms. The first-order valence-electron chi connectivity index (χ1n) is 6.31. The second kappa shape index (κ2) is 5.82. The first kappa shape index (κ1) is 12.1. The van der Waals surface area contributed by atoms with Gasteiger partial charge < -0.3 is 10.6 Å². The Morgan fingerprint density at radius 1 is 1.41 bits per heavy atom. The third-order valence-electron chi connectivity index (χ3n) is 3.29. The molecule has 2 N–H and O–H groups in total. The molecular weight excluding hydrogens is 212 g/mol. The number of hydrogen-bond donors (Lipinski definition) is 2. The van der Waals surface area contributed by atoms with Crippen LogP contribution in [-0.4, -0.2) is 13.0 Å². The van der Waals surface area contributed by atoms with Gasteiger partial charge in [-0.2, -0.15) is 0 Å². The van der Waals surface area contributed by atoms with Crippen molar-refractivity contribution >= 4 is 11.6 Å². The lowest BCUT2D eigenvalue weighted by molar-refractivity contribution is -0.117. The summed E-state index contributed by atoms with van der Waals surface area (Å²) in [5, 5.41) is 6.08. The smallest absolute Gasteiger partial charge is 0.224 e. The van der Waals surface area contributed by atoms with Crippen LogP contribution in [-0.2, 0) is 11.3 Å². The summed E-state index contributed by atoms with van der Waals surface area (Å²) in [5.41, 5.74) is 2.09. The lowest BCUT2D eigenvalue weighted by atomic mass is 9.83. The van der Waals surface area contributed by atoms with Crippen LogP contribution in [0.4, 0.5) is 5.69 Å². The van der Waals surface area contributed by atoms with E-state index < -0.39 is 0 Å². The van der Waals surface area contributed by atoms with Crippen LogP contribution in [0.25, 0.3) is 0 Å². The number of hydrogen-bond acceptors (Lipinski definition) is 2. The first-order chi connectivity index (χ1) is 8.28. The first-order valence-corrected chi connectivity index (χ1v) is 6.31. The molecule has 3 heteroatoms. The molecule has 0 radical (unpaired) electrons. The highest BCUT2D eigenvalue weighted by atomic mass is 16.1. The second-order valence-corrected chi connectivity index (χ2v) is 4.78. The van der Waals surface area contributed by atoms with Gasteiger partial charge in [0.15, 0.2) is 0 Å². The molecule has 0 aromatic heterocycles. The van der Waals surface area contributed by atoms with E-state index in [1.54, 1.807) is 0 Å². The Balaban J connectivity index is 1.88. The Hall–Kier alpha value is -1.35. The van der Waals surface area contributed by atoms with Gasteiger partial charge >= 0.3 is 0 Å². The van der Waals surface area contributed by atoms with Crippen molar-refractivity contribution in [1.82, 2.24) is 5.32 Å². The Bertz CT molecular complexity index is 386. The molecule has 0 aliphatic heterocycles. The molecule has 1 aromatic rings. The van der Waals surface area contributed by atoms with Crippen molar-refractivity contribution in [3.8, 4) is 0 Å². The summed E-state index contributed by atoms with van der Waals surface area (Å²) in [6, 6.07) is 8.00. The van der Waals surface area contributed by atoms with E-state index in [2.05, 4.69) is 16.7 Å². The van der Waals surface area contributed by atoms with Gasteiger partial charge in [0.25, 0.3) is 0 Å². The van der Waals surface area contributed by atoms with Gasteiger partial charge in [-0.15, -0.1) is 0 Å². The standard InChI is InChI=1S/C14H20N2O/c1-15-10-12-6-3-7-13(8-12)16-14(17)9-11-4-2-5-11/h3,6-8,11,15H,2,4-5,9-10H2,1H3,(H,16,17). The summed E-state index contributed by atoms with van der Waals surface area (Å²) in [6.07, 6.45) is 4.40. The maximum absolute atomic E-state index is 11.8. The van der Waals surface area contributed by atoms with Crippen LogP contribution in [0, 0.1) is 5.92 Å². The van der Waals surface area contributed by atoms with Gasteiger partial charge in [-0.3, -0.25) is 4.79 Å². The normalized spacial score (nSPS) is 15.4. The van der Waals surface area contributed by atoms with Crippen LogP contribution in [0.2, 0.25) is 0 Å². The Morgan fingerprint density at radius 2 is 2.24 bits per heavy atom. The maximum atomic E-state index is 11.8. The van der Waals surface area contributed by atoms with Crippen molar-refractivity contribution in [1.29, 1.82) is 0 Å². The summed E-state index contributed by atoms with van der Waals surface area (Å²) >= 11 is 0. The Morgan fingerprint density at radius 3 is 2.88 bits per heavy atom. The molecule has 3 nitrogen and oxygen atoms in total. The Kier molecular flexibility index (Phi) is 4.15. The number of rotatable bonds is 5. The molecule has 1 fully saturated rings. The molecule has 92 valence electrons. The van der Waals surface area contributed by atoms with Crippen molar-refractivity contribution in [2.24, 2.45) is 5.92 Å². The van der Waals surface area contributed by atoms with Crippen LogP contribution in [0.1, 0.15) is 31.2 Å². The van der Waals surface area contributed by atoms with Crippen LogP contribution in [0.15, 0.2) is 24.3 Å². The molecule has 0 spiro atoms. The van der Waals surface area contributed by atoms with Crippen LogP contribution in [0.5, 0.6) is 0 Å². The molecule has 1 aliphatic rings. The van der Waals surface area contributed by atoms with Gasteiger partial charge in [0.1, 0.15) is 0 Å². The van der Waals surface area contributed by atoms with E-state index in [9.17, 15) is 4.79 Å². The zero-order valence-corrected chi connectivity index (χ0v) is 10.3. The lowest BCUT2D eigenvalue weighted by Gasteiger charge is -2.24. The van der Waals surface area contributed by atoms with E-state index in [1.807, 2.05) is 25.2 Å². The molecule has 17 heavy (non-hydrogen) atoms. The summed E-state index contributed by atoms with van der Waals surface area (Å²) in [7, 11) is 1.92. The SMILES string of the molecule is CNCc1cccc(NC(=O)CC2CCC2)c1. The summed E-state index contributed by atoms with van der Waals surface area (Å²) < 4.78 is 0. The van der Waals surface area contributed by atoms with Crippen LogP contribution < -0.4 is 10.6 Å². The van der Waals surface area contributed by atoms with Crippen LogP contribution in [0.3, 0.4) is 0 Å². The predicted molar refractivity (Wildman–Crippen MR) is 69.8 cm³/mol. The largest absolute Gasteiger partial charge is 0.326 e. The third-order valence-corrected chi connectivity index (χ3v) is 3.29. The average molecular weight is 232 g/mol. The molecule has 1 aromatic carbocycles. The van der Waals surface area contributed by atoms with Gasteiger partial charge in [0, 0.05) is 18.7 Å². The summed E-state index contributed by atoms with van der Waals surface area (Å²) in [4.78, 5) is 11.8. The molecule has 0 unspecified atom stereocenters. The van der Waals surface area contributed by atoms with Gasteiger partial charge in [-0.25, -0.2) is 0 Å². The van der Waals surface area contributed by atoms with Crippen molar-refractivity contribution in [3.63, 3.8) is 0 Å². The maximum Gasteiger partial charge on any atom is 0.224 e. The number of anilines is 1. The van der Waals surface area contributed by atoms with Crippen molar-refractivity contribution in [3.05, 3.63) is 29.8 Å². The van der Waals surface area contributed by atoms with Gasteiger partial charge in [-0.1, -0.05) is 18.6 Å². The summed E-state index contributed by atoms with van der Waals surface area (Å²) in [5.74, 6) is 0.770. The molecule has 1 aliphatic carbocycles. The molecule has 1 amide bonds. The topological polar surface area (TPSA) is 41.1 Å². The molecule has 1 saturated carbocycles. The zero-order valence-electron chi connectivity index (χ0n) is 10.3. The van der Waals surface area contributed by atoms with Gasteiger partial charge in [0.2, 0.25) is 5.91 Å². The number of nitrogens with one attached hydrogen (secondary N) is 2. The van der Waals surface area contributed by atoms with Gasteiger partial charge in [0.05, 0.1) is 0 Å². The fraction of sp³-hybridized carbons (Fsp3) is 0.500. The minimum atomic E-state index is 0.149. The summed E-state index contributed by atoms with van der Waals surface area (Å²) in [6.45, 7) is 0.826. The average Bonchev–Trinajstić information content (AvgIpc) is 2.25. The fourth-order valence-corrected chi connectivity index (χ4v) is 2.13. The highest BCUT2D eigenvalue weighted by Gasteiger charge is 2.20. The predicted octanol–water partition coefficient (Wildman–Crippen LogP) is 2.53. The zero-order chi connectivity index (χ0) is 12.1. The lowest BCUT2D eigenvalue weighted by Crippen LogP contribution is -2.20. The Labute approximate surface area is 103 Å². The highest BCUT2D eigenvalue weighted by molar-refractivity contribution is 5.90. The van der Waals surface area contributed by atoms with Crippen molar-refractivity contribution in [2.45, 2.75) is 32.2 Å². The quantitative estimate of drug-likeness (QED) is 0.819. The van der Waals surface area contributed by atoms with Crippen LogP contribution >= 0.6 is 0 Å². The van der Waals surface area contributed by atoms with E-state index in [-0.39, 0.29) is 5.91 Å². The highest BCUT2D eigenvalue weighted by Crippen LogP contribution is 2.29. The third kappa shape index (κ3) is 3.56. The molecule has 0 saturated heterocycles. The van der Waals surface area contributed by atoms with Gasteiger partial charge in [-0.05, 0) is 43.5 Å². The number of carbonyl (C=O) groups is 1. The monoisotopic (exact) mass is 232 g/mol. The van der Waals surface area contributed by atoms with E-state index in [1.165, 1.54) is 24.8 Å². The van der Waals surface area contributed by atoms with E-state index in [0.29, 0.717) is 12.3 Å². The van der Waals surface area contributed by atoms with Crippen molar-refractivity contribution in [2.75, 3.05) is 12.4 Å². The number of benzene rings is 1. The molecule has 2 rings (SSSR count). The fourth-order valence-electron chi connectivity index (χ4n) is 2.13.